The van der Waals surface area contributed by atoms with Gasteiger partial charge in [-0.3, -0.25) is 0 Å². The molecule has 0 aliphatic rings. The summed E-state index contributed by atoms with van der Waals surface area (Å²) in [5.41, 5.74) is -3.54. The second kappa shape index (κ2) is 8.46. The molecule has 0 nitrogen and oxygen atoms in total. The Labute approximate surface area is 199 Å². The molecule has 5 aromatic rings. The zero-order valence-corrected chi connectivity index (χ0v) is 17.7. The minimum Gasteiger partial charge on any atom is -0.204 e. The third kappa shape index (κ3) is 3.36. The van der Waals surface area contributed by atoms with Crippen LogP contribution in [-0.4, -0.2) is 0 Å². The first-order valence-electron chi connectivity index (χ1n) is 10.1. The van der Waals surface area contributed by atoms with Crippen LogP contribution in [0.25, 0.3) is 43.8 Å². The van der Waals surface area contributed by atoms with Crippen LogP contribution >= 0.6 is 0 Å². The second-order valence-corrected chi connectivity index (χ2v) is 7.88. The van der Waals surface area contributed by atoms with E-state index in [4.69, 9.17) is 0 Å². The highest BCUT2D eigenvalue weighted by molar-refractivity contribution is 6.22. The Kier molecular flexibility index (Phi) is 5.61. The van der Waals surface area contributed by atoms with Crippen LogP contribution in [0.5, 0.6) is 0 Å². The molecule has 0 amide bonds. The Morgan fingerprint density at radius 1 is 0.324 bits per heavy atom. The molecule has 0 N–H and O–H groups in total. The summed E-state index contributed by atoms with van der Waals surface area (Å²) in [7, 11) is 0. The van der Waals surface area contributed by atoms with Crippen LogP contribution < -0.4 is 0 Å². The smallest absolute Gasteiger partial charge is 0.198 e. The maximum atomic E-state index is 15.3. The summed E-state index contributed by atoms with van der Waals surface area (Å²) in [6, 6.07) is 6.44. The van der Waals surface area contributed by atoms with E-state index in [2.05, 4.69) is 0 Å². The molecule has 0 aliphatic carbocycles. The SMILES string of the molecule is Fc1cc(-c2c3c(F)c(F)c(F)c(F)c3c(-c3ccccc3)c3c(F)c(F)c(F)c(F)c23)cc(F)c1F. The molecule has 0 atom stereocenters. The van der Waals surface area contributed by atoms with Crippen molar-refractivity contribution < 1.29 is 48.3 Å². The molecular weight excluding hydrogens is 521 g/mol. The fourth-order valence-corrected chi connectivity index (χ4v) is 4.33. The van der Waals surface area contributed by atoms with Crippen LogP contribution in [0.1, 0.15) is 0 Å². The molecule has 0 radical (unpaired) electrons. The Balaban J connectivity index is 2.25. The lowest BCUT2D eigenvalue weighted by Gasteiger charge is -2.20. The molecule has 0 bridgehead atoms. The van der Waals surface area contributed by atoms with E-state index in [9.17, 15) is 30.7 Å². The Bertz CT molecular complexity index is 1670. The molecule has 0 saturated carbocycles. The van der Waals surface area contributed by atoms with Gasteiger partial charge in [0.1, 0.15) is 0 Å². The van der Waals surface area contributed by atoms with Crippen molar-refractivity contribution in [1.29, 1.82) is 0 Å². The summed E-state index contributed by atoms with van der Waals surface area (Å²) in [5.74, 6) is -24.4. The zero-order valence-electron chi connectivity index (χ0n) is 17.7. The van der Waals surface area contributed by atoms with Gasteiger partial charge in [-0.15, -0.1) is 0 Å². The highest BCUT2D eigenvalue weighted by Gasteiger charge is 2.33. The number of fused-ring (bicyclic) bond motifs is 2. The summed E-state index contributed by atoms with van der Waals surface area (Å²) in [5, 5.41) is -5.34. The molecule has 188 valence electrons. The second-order valence-electron chi connectivity index (χ2n) is 7.88. The Morgan fingerprint density at radius 2 is 0.649 bits per heavy atom. The minimum atomic E-state index is -2.45. The van der Waals surface area contributed by atoms with Crippen LogP contribution in [0.3, 0.4) is 0 Å². The van der Waals surface area contributed by atoms with Gasteiger partial charge in [0, 0.05) is 32.7 Å². The molecular formula is C26H7F11. The summed E-state index contributed by atoms with van der Waals surface area (Å²) in [6.45, 7) is 0. The highest BCUT2D eigenvalue weighted by atomic mass is 19.2. The maximum Gasteiger partial charge on any atom is 0.198 e. The summed E-state index contributed by atoms with van der Waals surface area (Å²) in [6.07, 6.45) is 0. The van der Waals surface area contributed by atoms with E-state index in [1.807, 2.05) is 0 Å². The first-order chi connectivity index (χ1) is 17.5. The van der Waals surface area contributed by atoms with Gasteiger partial charge in [0.2, 0.25) is 0 Å². The van der Waals surface area contributed by atoms with Gasteiger partial charge in [0.25, 0.3) is 0 Å². The van der Waals surface area contributed by atoms with Gasteiger partial charge in [-0.25, -0.2) is 48.3 Å². The first kappa shape index (κ1) is 24.5. The minimum absolute atomic E-state index is 0.131. The predicted octanol–water partition coefficient (Wildman–Crippen LogP) is 8.86. The molecule has 5 aromatic carbocycles. The van der Waals surface area contributed by atoms with Gasteiger partial charge in [0.05, 0.1) is 0 Å². The van der Waals surface area contributed by atoms with E-state index in [0.717, 1.165) is 12.1 Å². The van der Waals surface area contributed by atoms with Gasteiger partial charge in [0.15, 0.2) is 64.0 Å². The molecule has 0 unspecified atom stereocenters. The van der Waals surface area contributed by atoms with Gasteiger partial charge in [-0.2, -0.15) is 0 Å². The Morgan fingerprint density at radius 3 is 1.00 bits per heavy atom. The molecule has 11 heteroatoms. The van der Waals surface area contributed by atoms with E-state index in [0.29, 0.717) is 0 Å². The number of hydrogen-bond donors (Lipinski definition) is 0. The number of halogens is 11. The van der Waals surface area contributed by atoms with E-state index >= 15 is 17.6 Å². The third-order valence-corrected chi connectivity index (χ3v) is 5.87. The normalized spacial score (nSPS) is 11.6. The van der Waals surface area contributed by atoms with Crippen LogP contribution in [0.15, 0.2) is 42.5 Å². The average molecular weight is 528 g/mol. The lowest BCUT2D eigenvalue weighted by atomic mass is 9.84. The van der Waals surface area contributed by atoms with E-state index in [1.165, 1.54) is 18.2 Å². The predicted molar refractivity (Wildman–Crippen MR) is 112 cm³/mol. The summed E-state index contributed by atoms with van der Waals surface area (Å²) >= 11 is 0. The van der Waals surface area contributed by atoms with Crippen LogP contribution in [0, 0.1) is 64.0 Å². The summed E-state index contributed by atoms with van der Waals surface area (Å²) in [4.78, 5) is 0. The third-order valence-electron chi connectivity index (χ3n) is 5.87. The molecule has 0 heterocycles. The van der Waals surface area contributed by atoms with Crippen molar-refractivity contribution in [2.45, 2.75) is 0 Å². The first-order valence-corrected chi connectivity index (χ1v) is 10.1. The molecule has 0 spiro atoms. The largest absolute Gasteiger partial charge is 0.204 e. The molecule has 0 fully saturated rings. The zero-order chi connectivity index (χ0) is 26.9. The highest BCUT2D eigenvalue weighted by Crippen LogP contribution is 2.49. The van der Waals surface area contributed by atoms with Crippen molar-refractivity contribution >= 4 is 21.5 Å². The van der Waals surface area contributed by atoms with E-state index < -0.39 is 102 Å². The van der Waals surface area contributed by atoms with Crippen molar-refractivity contribution in [3.63, 3.8) is 0 Å². The van der Waals surface area contributed by atoms with Gasteiger partial charge in [-0.1, -0.05) is 30.3 Å². The lowest BCUT2D eigenvalue weighted by molar-refractivity contribution is 0.416. The molecule has 0 aliphatic heterocycles. The molecule has 0 saturated heterocycles. The van der Waals surface area contributed by atoms with Crippen LogP contribution in [-0.2, 0) is 0 Å². The number of benzene rings is 5. The Hall–Kier alpha value is -4.15. The topological polar surface area (TPSA) is 0 Å². The quantitative estimate of drug-likeness (QED) is 0.0930. The number of rotatable bonds is 2. The maximum absolute atomic E-state index is 15.3. The van der Waals surface area contributed by atoms with Crippen molar-refractivity contribution in [3.8, 4) is 22.3 Å². The van der Waals surface area contributed by atoms with Gasteiger partial charge < -0.3 is 0 Å². The van der Waals surface area contributed by atoms with Crippen LogP contribution in [0.2, 0.25) is 0 Å². The number of hydrogen-bond acceptors (Lipinski definition) is 0. The standard InChI is InChI=1S/C26H7F11/c27-10-6-9(7-11(28)18(10)29)13-16-14(19(30)23(34)25(36)21(16)32)12(8-4-2-1-3-5-8)15-17(13)22(33)26(37)24(35)20(15)31/h1-7H. The summed E-state index contributed by atoms with van der Waals surface area (Å²) < 4.78 is 160. The lowest BCUT2D eigenvalue weighted by Crippen LogP contribution is -2.07. The van der Waals surface area contributed by atoms with Crippen molar-refractivity contribution in [2.24, 2.45) is 0 Å². The molecule has 0 aromatic heterocycles. The van der Waals surface area contributed by atoms with Crippen molar-refractivity contribution in [2.75, 3.05) is 0 Å². The fraction of sp³-hybridized carbons (Fsp3) is 0. The molecule has 5 rings (SSSR count). The monoisotopic (exact) mass is 528 g/mol. The van der Waals surface area contributed by atoms with Gasteiger partial charge in [-0.05, 0) is 23.3 Å². The fourth-order valence-electron chi connectivity index (χ4n) is 4.33. The average Bonchev–Trinajstić information content (AvgIpc) is 2.89. The van der Waals surface area contributed by atoms with Gasteiger partial charge >= 0.3 is 0 Å². The molecule has 37 heavy (non-hydrogen) atoms. The van der Waals surface area contributed by atoms with E-state index in [-0.39, 0.29) is 17.7 Å². The van der Waals surface area contributed by atoms with Crippen LogP contribution in [0.4, 0.5) is 48.3 Å². The van der Waals surface area contributed by atoms with Crippen molar-refractivity contribution in [3.05, 3.63) is 106 Å². The van der Waals surface area contributed by atoms with Crippen molar-refractivity contribution in [1.82, 2.24) is 0 Å². The van der Waals surface area contributed by atoms with E-state index in [1.54, 1.807) is 0 Å².